The molecule has 0 bridgehead atoms. The summed E-state index contributed by atoms with van der Waals surface area (Å²) in [5, 5.41) is 0. The van der Waals surface area contributed by atoms with Crippen LogP contribution in [-0.4, -0.2) is 52.3 Å². The average molecular weight is 278 g/mol. The standard InChI is InChI=1S/C13H14N2O5/c16-9(8-15-12(19)5-6-13(15)20)2-1-7-14-10(17)3-4-11(14)18/h3-4H,1-2,5-8H2. The first-order valence-electron chi connectivity index (χ1n) is 6.37. The minimum Gasteiger partial charge on any atom is -0.298 e. The lowest BCUT2D eigenvalue weighted by atomic mass is 10.2. The Morgan fingerprint density at radius 1 is 0.950 bits per heavy atom. The smallest absolute Gasteiger partial charge is 0.253 e. The molecular weight excluding hydrogens is 264 g/mol. The molecule has 106 valence electrons. The minimum atomic E-state index is -0.382. The zero-order valence-corrected chi connectivity index (χ0v) is 10.8. The van der Waals surface area contributed by atoms with E-state index >= 15 is 0 Å². The number of carbonyl (C=O) groups excluding carboxylic acids is 5. The maximum atomic E-state index is 11.7. The van der Waals surface area contributed by atoms with Gasteiger partial charge in [-0.1, -0.05) is 0 Å². The second-order valence-corrected chi connectivity index (χ2v) is 4.68. The van der Waals surface area contributed by atoms with E-state index in [0.29, 0.717) is 6.42 Å². The molecule has 7 heteroatoms. The number of ketones is 1. The Morgan fingerprint density at radius 3 is 2.05 bits per heavy atom. The van der Waals surface area contributed by atoms with Crippen LogP contribution in [0.25, 0.3) is 0 Å². The van der Waals surface area contributed by atoms with Crippen molar-refractivity contribution in [3.63, 3.8) is 0 Å². The quantitative estimate of drug-likeness (QED) is 0.605. The highest BCUT2D eigenvalue weighted by molar-refractivity contribution is 6.12. The Kier molecular flexibility index (Phi) is 4.07. The van der Waals surface area contributed by atoms with Crippen molar-refractivity contribution in [2.45, 2.75) is 25.7 Å². The third-order valence-electron chi connectivity index (χ3n) is 3.23. The van der Waals surface area contributed by atoms with Crippen molar-refractivity contribution in [1.82, 2.24) is 9.80 Å². The third kappa shape index (κ3) is 2.98. The summed E-state index contributed by atoms with van der Waals surface area (Å²) < 4.78 is 0. The normalized spacial score (nSPS) is 18.6. The number of hydrogen-bond acceptors (Lipinski definition) is 5. The summed E-state index contributed by atoms with van der Waals surface area (Å²) in [4.78, 5) is 58.9. The Labute approximate surface area is 115 Å². The Morgan fingerprint density at radius 2 is 1.50 bits per heavy atom. The van der Waals surface area contributed by atoms with Crippen molar-refractivity contribution < 1.29 is 24.0 Å². The van der Waals surface area contributed by atoms with Gasteiger partial charge in [-0.15, -0.1) is 0 Å². The highest BCUT2D eigenvalue weighted by Crippen LogP contribution is 2.12. The van der Waals surface area contributed by atoms with Crippen LogP contribution in [0.5, 0.6) is 0 Å². The number of rotatable bonds is 6. The van der Waals surface area contributed by atoms with Gasteiger partial charge in [0.2, 0.25) is 11.8 Å². The molecule has 2 heterocycles. The molecule has 2 aliphatic rings. The first kappa shape index (κ1) is 14.1. The van der Waals surface area contributed by atoms with Gasteiger partial charge in [0.25, 0.3) is 11.8 Å². The van der Waals surface area contributed by atoms with Crippen molar-refractivity contribution in [1.29, 1.82) is 0 Å². The predicted molar refractivity (Wildman–Crippen MR) is 66.1 cm³/mol. The monoisotopic (exact) mass is 278 g/mol. The van der Waals surface area contributed by atoms with E-state index in [2.05, 4.69) is 0 Å². The molecule has 0 radical (unpaired) electrons. The third-order valence-corrected chi connectivity index (χ3v) is 3.23. The van der Waals surface area contributed by atoms with Crippen LogP contribution in [0.1, 0.15) is 25.7 Å². The van der Waals surface area contributed by atoms with Crippen LogP contribution in [0.3, 0.4) is 0 Å². The van der Waals surface area contributed by atoms with E-state index in [4.69, 9.17) is 0 Å². The first-order valence-corrected chi connectivity index (χ1v) is 6.37. The highest BCUT2D eigenvalue weighted by Gasteiger charge is 2.30. The van der Waals surface area contributed by atoms with Crippen LogP contribution < -0.4 is 0 Å². The molecule has 1 saturated heterocycles. The van der Waals surface area contributed by atoms with E-state index in [1.54, 1.807) is 0 Å². The van der Waals surface area contributed by atoms with Crippen molar-refractivity contribution in [3.8, 4) is 0 Å². The Hall–Kier alpha value is -2.31. The molecule has 0 aromatic rings. The van der Waals surface area contributed by atoms with Gasteiger partial charge in [-0.3, -0.25) is 33.8 Å². The van der Waals surface area contributed by atoms with Crippen molar-refractivity contribution in [2.24, 2.45) is 0 Å². The van der Waals surface area contributed by atoms with Gasteiger partial charge >= 0.3 is 0 Å². The summed E-state index contributed by atoms with van der Waals surface area (Å²) in [6.45, 7) is -0.0455. The highest BCUT2D eigenvalue weighted by atomic mass is 16.2. The predicted octanol–water partition coefficient (Wildman–Crippen LogP) is -0.590. The largest absolute Gasteiger partial charge is 0.298 e. The van der Waals surface area contributed by atoms with Gasteiger partial charge in [0.05, 0.1) is 6.54 Å². The minimum absolute atomic E-state index is 0.119. The van der Waals surface area contributed by atoms with E-state index in [0.717, 1.165) is 9.80 Å². The molecule has 0 saturated carbocycles. The number of nitrogens with zero attached hydrogens (tertiary/aromatic N) is 2. The topological polar surface area (TPSA) is 91.8 Å². The Bertz CT molecular complexity index is 489. The molecule has 0 unspecified atom stereocenters. The fourth-order valence-electron chi connectivity index (χ4n) is 2.14. The zero-order chi connectivity index (χ0) is 14.7. The van der Waals surface area contributed by atoms with Crippen LogP contribution >= 0.6 is 0 Å². The van der Waals surface area contributed by atoms with Crippen molar-refractivity contribution >= 4 is 29.4 Å². The second kappa shape index (κ2) is 5.77. The molecule has 1 fully saturated rings. The lowest BCUT2D eigenvalue weighted by Crippen LogP contribution is -2.35. The fourth-order valence-corrected chi connectivity index (χ4v) is 2.14. The number of hydrogen-bond donors (Lipinski definition) is 0. The van der Waals surface area contributed by atoms with Gasteiger partial charge < -0.3 is 0 Å². The van der Waals surface area contributed by atoms with E-state index in [-0.39, 0.29) is 61.8 Å². The van der Waals surface area contributed by atoms with Gasteiger partial charge in [0.1, 0.15) is 0 Å². The van der Waals surface area contributed by atoms with Gasteiger partial charge in [-0.2, -0.15) is 0 Å². The average Bonchev–Trinajstić information content (AvgIpc) is 2.88. The van der Waals surface area contributed by atoms with E-state index in [1.165, 1.54) is 12.2 Å². The van der Waals surface area contributed by atoms with Gasteiger partial charge in [0.15, 0.2) is 5.78 Å². The molecular formula is C13H14N2O5. The van der Waals surface area contributed by atoms with E-state index in [9.17, 15) is 24.0 Å². The van der Waals surface area contributed by atoms with Crippen molar-refractivity contribution in [2.75, 3.05) is 13.1 Å². The SMILES string of the molecule is O=C(CCCN1C(=O)C=CC1=O)CN1C(=O)CCC1=O. The Balaban J connectivity index is 1.73. The van der Waals surface area contributed by atoms with Crippen LogP contribution in [0.15, 0.2) is 12.2 Å². The molecule has 0 atom stereocenters. The summed E-state index contributed by atoms with van der Waals surface area (Å²) in [6, 6.07) is 0. The number of amides is 4. The number of carbonyl (C=O) groups is 5. The van der Waals surface area contributed by atoms with Gasteiger partial charge in [-0.25, -0.2) is 0 Å². The molecule has 2 aliphatic heterocycles. The molecule has 0 spiro atoms. The molecule has 0 aromatic carbocycles. The molecule has 4 amide bonds. The lowest BCUT2D eigenvalue weighted by Gasteiger charge is -2.14. The van der Waals surface area contributed by atoms with Crippen LogP contribution in [-0.2, 0) is 24.0 Å². The lowest BCUT2D eigenvalue weighted by molar-refractivity contribution is -0.141. The van der Waals surface area contributed by atoms with Crippen LogP contribution in [0.2, 0.25) is 0 Å². The van der Waals surface area contributed by atoms with Crippen LogP contribution in [0.4, 0.5) is 0 Å². The summed E-state index contributed by atoms with van der Waals surface area (Å²) >= 11 is 0. The molecule has 20 heavy (non-hydrogen) atoms. The molecule has 0 aliphatic carbocycles. The van der Waals surface area contributed by atoms with Crippen LogP contribution in [0, 0.1) is 0 Å². The van der Waals surface area contributed by atoms with E-state index in [1.807, 2.05) is 0 Å². The second-order valence-electron chi connectivity index (χ2n) is 4.68. The molecule has 2 rings (SSSR count). The molecule has 0 N–H and O–H groups in total. The summed E-state index contributed by atoms with van der Waals surface area (Å²) in [5.74, 6) is -1.66. The number of imide groups is 2. The van der Waals surface area contributed by atoms with Crippen molar-refractivity contribution in [3.05, 3.63) is 12.2 Å². The molecule has 0 aromatic heterocycles. The molecule has 7 nitrogen and oxygen atoms in total. The fraction of sp³-hybridized carbons (Fsp3) is 0.462. The zero-order valence-electron chi connectivity index (χ0n) is 10.8. The number of Topliss-reactive ketones (excluding diaryl/α,β-unsaturated/α-hetero) is 1. The summed E-state index contributed by atoms with van der Waals surface area (Å²) in [5.41, 5.74) is 0. The number of likely N-dealkylation sites (tertiary alicyclic amines) is 1. The maximum absolute atomic E-state index is 11.7. The summed E-state index contributed by atoms with van der Waals surface area (Å²) in [6.07, 6.45) is 3.14. The van der Waals surface area contributed by atoms with E-state index < -0.39 is 0 Å². The maximum Gasteiger partial charge on any atom is 0.253 e. The van der Waals surface area contributed by atoms with Gasteiger partial charge in [0, 0.05) is 38.0 Å². The summed E-state index contributed by atoms with van der Waals surface area (Å²) in [7, 11) is 0. The van der Waals surface area contributed by atoms with Gasteiger partial charge in [-0.05, 0) is 6.42 Å². The first-order chi connectivity index (χ1) is 9.49.